The number of hydrogen-bond acceptors (Lipinski definition) is 4. The Morgan fingerprint density at radius 1 is 1.44 bits per heavy atom. The predicted octanol–water partition coefficient (Wildman–Crippen LogP) is 1.48. The fraction of sp³-hybridized carbons (Fsp3) is 0.182. The molecule has 0 unspecified atom stereocenters. The van der Waals surface area contributed by atoms with E-state index in [-0.39, 0.29) is 5.78 Å². The number of carbonyl (C=O) groups is 1. The Balaban J connectivity index is 2.50. The van der Waals surface area contributed by atoms with E-state index in [2.05, 4.69) is 10.3 Å². The number of nitrogens with zero attached hydrogens (tertiary/aromatic N) is 3. The van der Waals surface area contributed by atoms with Crippen LogP contribution >= 0.6 is 0 Å². The highest BCUT2D eigenvalue weighted by Crippen LogP contribution is 2.16. The van der Waals surface area contributed by atoms with E-state index in [1.807, 2.05) is 18.2 Å². The summed E-state index contributed by atoms with van der Waals surface area (Å²) in [5.41, 5.74) is 1.20. The third-order valence-electron chi connectivity index (χ3n) is 2.21. The Morgan fingerprint density at radius 3 is 2.94 bits per heavy atom. The molecule has 0 amide bonds. The summed E-state index contributed by atoms with van der Waals surface area (Å²) >= 11 is 0. The monoisotopic (exact) mass is 217 g/mol. The summed E-state index contributed by atoms with van der Waals surface area (Å²) in [7, 11) is 1.59. The molecule has 0 aliphatic carbocycles. The molecule has 0 aliphatic rings. The summed E-state index contributed by atoms with van der Waals surface area (Å²) in [4.78, 5) is 11.3. The van der Waals surface area contributed by atoms with Gasteiger partial charge in [-0.05, 0) is 12.1 Å². The lowest BCUT2D eigenvalue weighted by Crippen LogP contribution is -2.06. The van der Waals surface area contributed by atoms with Gasteiger partial charge < -0.3 is 4.74 Å². The second kappa shape index (κ2) is 4.14. The van der Waals surface area contributed by atoms with Gasteiger partial charge in [-0.1, -0.05) is 11.3 Å². The van der Waals surface area contributed by atoms with Gasteiger partial charge in [0, 0.05) is 13.0 Å². The van der Waals surface area contributed by atoms with Crippen molar-refractivity contribution in [2.75, 3.05) is 7.11 Å². The predicted molar refractivity (Wildman–Crippen MR) is 57.9 cm³/mol. The molecule has 0 bridgehead atoms. The summed E-state index contributed by atoms with van der Waals surface area (Å²) in [6.07, 6.45) is 1.45. The fourth-order valence-electron chi connectivity index (χ4n) is 1.41. The van der Waals surface area contributed by atoms with E-state index in [0.717, 1.165) is 5.69 Å². The standard InChI is InChI=1S/C11H11N3O2/c1-8(15)11-7-12-13-14(11)9-4-3-5-10(6-9)16-2/h3-7H,1-2H3. The lowest BCUT2D eigenvalue weighted by molar-refractivity contribution is 0.101. The maximum atomic E-state index is 11.3. The van der Waals surface area contributed by atoms with Gasteiger partial charge in [-0.3, -0.25) is 4.79 Å². The minimum atomic E-state index is -0.0761. The highest BCUT2D eigenvalue weighted by molar-refractivity contribution is 5.92. The Labute approximate surface area is 92.7 Å². The van der Waals surface area contributed by atoms with Crippen LogP contribution in [0, 0.1) is 0 Å². The van der Waals surface area contributed by atoms with Gasteiger partial charge in [0.25, 0.3) is 0 Å². The van der Waals surface area contributed by atoms with Gasteiger partial charge >= 0.3 is 0 Å². The van der Waals surface area contributed by atoms with E-state index in [1.54, 1.807) is 13.2 Å². The zero-order valence-electron chi connectivity index (χ0n) is 9.04. The van der Waals surface area contributed by atoms with Crippen molar-refractivity contribution in [2.45, 2.75) is 6.92 Å². The van der Waals surface area contributed by atoms with Crippen LogP contribution in [-0.4, -0.2) is 27.9 Å². The van der Waals surface area contributed by atoms with Crippen LogP contribution in [0.15, 0.2) is 30.5 Å². The number of aromatic nitrogens is 3. The van der Waals surface area contributed by atoms with E-state index in [9.17, 15) is 4.79 Å². The van der Waals surface area contributed by atoms with Crippen molar-refractivity contribution in [2.24, 2.45) is 0 Å². The average molecular weight is 217 g/mol. The SMILES string of the molecule is COc1cccc(-n2nncc2C(C)=O)c1. The molecule has 0 radical (unpaired) electrons. The Kier molecular flexibility index (Phi) is 2.68. The number of methoxy groups -OCH3 is 1. The van der Waals surface area contributed by atoms with E-state index >= 15 is 0 Å². The summed E-state index contributed by atoms with van der Waals surface area (Å²) in [5.74, 6) is 0.635. The van der Waals surface area contributed by atoms with E-state index in [4.69, 9.17) is 4.74 Å². The molecule has 0 spiro atoms. The minimum absolute atomic E-state index is 0.0761. The maximum absolute atomic E-state index is 11.3. The highest BCUT2D eigenvalue weighted by atomic mass is 16.5. The number of rotatable bonds is 3. The molecule has 0 saturated carbocycles. The van der Waals surface area contributed by atoms with Crippen LogP contribution in [0.4, 0.5) is 0 Å². The van der Waals surface area contributed by atoms with Crippen molar-refractivity contribution in [3.8, 4) is 11.4 Å². The highest BCUT2D eigenvalue weighted by Gasteiger charge is 2.10. The van der Waals surface area contributed by atoms with Crippen LogP contribution in [0.2, 0.25) is 0 Å². The molecule has 5 nitrogen and oxygen atoms in total. The first-order valence-corrected chi connectivity index (χ1v) is 4.78. The Bertz CT molecular complexity index is 519. The van der Waals surface area contributed by atoms with Gasteiger partial charge in [-0.2, -0.15) is 0 Å². The zero-order valence-corrected chi connectivity index (χ0v) is 9.04. The average Bonchev–Trinajstić information content (AvgIpc) is 2.78. The van der Waals surface area contributed by atoms with Crippen LogP contribution in [-0.2, 0) is 0 Å². The molecule has 1 aromatic carbocycles. The molecule has 2 rings (SSSR count). The molecule has 1 aromatic heterocycles. The first kappa shape index (κ1) is 10.4. The molecule has 0 aliphatic heterocycles. The fourth-order valence-corrected chi connectivity index (χ4v) is 1.41. The van der Waals surface area contributed by atoms with Crippen molar-refractivity contribution < 1.29 is 9.53 Å². The number of ether oxygens (including phenoxy) is 1. The van der Waals surface area contributed by atoms with Crippen molar-refractivity contribution in [3.05, 3.63) is 36.2 Å². The van der Waals surface area contributed by atoms with Crippen LogP contribution in [0.5, 0.6) is 5.75 Å². The maximum Gasteiger partial charge on any atom is 0.179 e. The molecule has 5 heteroatoms. The largest absolute Gasteiger partial charge is 0.497 e. The number of Topliss-reactive ketones (excluding diaryl/α,β-unsaturated/α-hetero) is 1. The van der Waals surface area contributed by atoms with Gasteiger partial charge in [0.1, 0.15) is 11.4 Å². The minimum Gasteiger partial charge on any atom is -0.497 e. The second-order valence-electron chi connectivity index (χ2n) is 3.29. The zero-order chi connectivity index (χ0) is 11.5. The van der Waals surface area contributed by atoms with Crippen LogP contribution in [0.1, 0.15) is 17.4 Å². The molecule has 0 fully saturated rings. The Hall–Kier alpha value is -2.17. The van der Waals surface area contributed by atoms with Crippen LogP contribution in [0.25, 0.3) is 5.69 Å². The molecular formula is C11H11N3O2. The molecule has 2 aromatic rings. The van der Waals surface area contributed by atoms with Gasteiger partial charge in [0.05, 0.1) is 19.0 Å². The van der Waals surface area contributed by atoms with Crippen LogP contribution in [0.3, 0.4) is 0 Å². The van der Waals surface area contributed by atoms with Gasteiger partial charge in [0.15, 0.2) is 5.78 Å². The quantitative estimate of drug-likeness (QED) is 0.731. The number of hydrogen-bond donors (Lipinski definition) is 0. The molecule has 0 N–H and O–H groups in total. The summed E-state index contributed by atoms with van der Waals surface area (Å²) in [6.45, 7) is 1.48. The van der Waals surface area contributed by atoms with Gasteiger partial charge in [-0.15, -0.1) is 5.10 Å². The molecule has 1 heterocycles. The normalized spacial score (nSPS) is 10.1. The van der Waals surface area contributed by atoms with Crippen molar-refractivity contribution in [3.63, 3.8) is 0 Å². The third-order valence-corrected chi connectivity index (χ3v) is 2.21. The lowest BCUT2D eigenvalue weighted by atomic mass is 10.2. The Morgan fingerprint density at radius 2 is 2.25 bits per heavy atom. The smallest absolute Gasteiger partial charge is 0.179 e. The van der Waals surface area contributed by atoms with E-state index in [0.29, 0.717) is 11.4 Å². The number of ketones is 1. The first-order chi connectivity index (χ1) is 7.72. The summed E-state index contributed by atoms with van der Waals surface area (Å²) in [5, 5.41) is 7.60. The van der Waals surface area contributed by atoms with Gasteiger partial charge in [0.2, 0.25) is 0 Å². The number of carbonyl (C=O) groups excluding carboxylic acids is 1. The van der Waals surface area contributed by atoms with E-state index in [1.165, 1.54) is 17.8 Å². The molecular weight excluding hydrogens is 206 g/mol. The van der Waals surface area contributed by atoms with Crippen molar-refractivity contribution in [1.29, 1.82) is 0 Å². The third kappa shape index (κ3) is 1.79. The summed E-state index contributed by atoms with van der Waals surface area (Å²) < 4.78 is 6.60. The topological polar surface area (TPSA) is 57.0 Å². The van der Waals surface area contributed by atoms with Crippen molar-refractivity contribution in [1.82, 2.24) is 15.0 Å². The van der Waals surface area contributed by atoms with Crippen LogP contribution < -0.4 is 4.74 Å². The van der Waals surface area contributed by atoms with Gasteiger partial charge in [-0.25, -0.2) is 4.68 Å². The summed E-state index contributed by atoms with van der Waals surface area (Å²) in [6, 6.07) is 7.29. The second-order valence-corrected chi connectivity index (χ2v) is 3.29. The first-order valence-electron chi connectivity index (χ1n) is 4.78. The van der Waals surface area contributed by atoms with Crippen molar-refractivity contribution >= 4 is 5.78 Å². The number of benzene rings is 1. The molecule has 16 heavy (non-hydrogen) atoms. The van der Waals surface area contributed by atoms with E-state index < -0.39 is 0 Å². The molecule has 0 atom stereocenters. The molecule has 82 valence electrons. The lowest BCUT2D eigenvalue weighted by Gasteiger charge is -2.05. The molecule has 0 saturated heterocycles.